The molecular formula is C13H24N4O. The molecule has 0 saturated heterocycles. The summed E-state index contributed by atoms with van der Waals surface area (Å²) in [5, 5.41) is 10.6. The number of aryl methyl sites for hydroxylation is 2. The molecule has 1 heterocycles. The molecule has 0 fully saturated rings. The van der Waals surface area contributed by atoms with Crippen molar-refractivity contribution >= 4 is 5.96 Å². The Kier molecular flexibility index (Phi) is 5.68. The number of hydrogen-bond donors (Lipinski definition) is 2. The van der Waals surface area contributed by atoms with E-state index in [1.165, 1.54) is 5.56 Å². The number of nitrogens with zero attached hydrogens (tertiary/aromatic N) is 2. The highest BCUT2D eigenvalue weighted by atomic mass is 16.5. The minimum atomic E-state index is 0.344. The van der Waals surface area contributed by atoms with Crippen LogP contribution in [-0.4, -0.2) is 31.3 Å². The zero-order chi connectivity index (χ0) is 13.5. The molecule has 1 aromatic rings. The standard InChI is InChI=1S/C13H24N4O/c1-6-7-15-13(14-5)16-8-9(2)12-10(3)17-18-11(12)4/h9H,6-8H2,1-5H3,(H2,14,15,16). The van der Waals surface area contributed by atoms with E-state index in [4.69, 9.17) is 4.52 Å². The molecule has 1 atom stereocenters. The first-order chi connectivity index (χ1) is 8.60. The number of aliphatic imine (C=N–C) groups is 1. The second kappa shape index (κ2) is 7.03. The van der Waals surface area contributed by atoms with Crippen molar-refractivity contribution in [2.45, 2.75) is 40.0 Å². The monoisotopic (exact) mass is 252 g/mol. The minimum Gasteiger partial charge on any atom is -0.361 e. The Labute approximate surface area is 109 Å². The number of nitrogens with one attached hydrogen (secondary N) is 2. The molecule has 0 bridgehead atoms. The fraction of sp³-hybridized carbons (Fsp3) is 0.692. The van der Waals surface area contributed by atoms with Crippen LogP contribution < -0.4 is 10.6 Å². The summed E-state index contributed by atoms with van der Waals surface area (Å²) in [5.41, 5.74) is 2.16. The Balaban J connectivity index is 2.53. The molecule has 2 N–H and O–H groups in total. The Hall–Kier alpha value is -1.52. The van der Waals surface area contributed by atoms with Gasteiger partial charge in [0.25, 0.3) is 0 Å². The number of rotatable bonds is 5. The molecule has 0 spiro atoms. The summed E-state index contributed by atoms with van der Waals surface area (Å²) in [6.07, 6.45) is 1.08. The molecule has 5 nitrogen and oxygen atoms in total. The zero-order valence-corrected chi connectivity index (χ0v) is 12.0. The van der Waals surface area contributed by atoms with Crippen LogP contribution in [0.3, 0.4) is 0 Å². The molecule has 0 aliphatic rings. The van der Waals surface area contributed by atoms with Gasteiger partial charge in [-0.2, -0.15) is 0 Å². The first-order valence-electron chi connectivity index (χ1n) is 6.47. The summed E-state index contributed by atoms with van der Waals surface area (Å²) >= 11 is 0. The third kappa shape index (κ3) is 3.75. The zero-order valence-electron chi connectivity index (χ0n) is 12.0. The Bertz CT molecular complexity index is 378. The largest absolute Gasteiger partial charge is 0.361 e. The predicted molar refractivity (Wildman–Crippen MR) is 74.0 cm³/mol. The Morgan fingerprint density at radius 1 is 1.39 bits per heavy atom. The summed E-state index contributed by atoms with van der Waals surface area (Å²) in [6, 6.07) is 0. The van der Waals surface area contributed by atoms with Crippen LogP contribution in [0.5, 0.6) is 0 Å². The number of guanidine groups is 1. The highest BCUT2D eigenvalue weighted by molar-refractivity contribution is 5.79. The summed E-state index contributed by atoms with van der Waals surface area (Å²) in [5.74, 6) is 2.09. The van der Waals surface area contributed by atoms with E-state index in [0.29, 0.717) is 5.92 Å². The van der Waals surface area contributed by atoms with Crippen LogP contribution in [0.15, 0.2) is 9.52 Å². The molecule has 0 amide bonds. The van der Waals surface area contributed by atoms with Gasteiger partial charge < -0.3 is 15.2 Å². The van der Waals surface area contributed by atoms with Gasteiger partial charge in [-0.25, -0.2) is 0 Å². The lowest BCUT2D eigenvalue weighted by Gasteiger charge is -2.15. The molecule has 0 aliphatic heterocycles. The summed E-state index contributed by atoms with van der Waals surface area (Å²) in [4.78, 5) is 4.18. The maximum atomic E-state index is 5.19. The van der Waals surface area contributed by atoms with Crippen molar-refractivity contribution in [3.63, 3.8) is 0 Å². The third-order valence-corrected chi connectivity index (χ3v) is 2.92. The lowest BCUT2D eigenvalue weighted by Crippen LogP contribution is -2.39. The van der Waals surface area contributed by atoms with Gasteiger partial charge in [0.05, 0.1) is 5.69 Å². The average Bonchev–Trinajstić information content (AvgIpc) is 2.69. The van der Waals surface area contributed by atoms with E-state index < -0.39 is 0 Å². The lowest BCUT2D eigenvalue weighted by atomic mass is 10.00. The minimum absolute atomic E-state index is 0.344. The molecule has 5 heteroatoms. The van der Waals surface area contributed by atoms with Gasteiger partial charge in [-0.15, -0.1) is 0 Å². The fourth-order valence-corrected chi connectivity index (χ4v) is 2.01. The van der Waals surface area contributed by atoms with Gasteiger partial charge >= 0.3 is 0 Å². The molecule has 102 valence electrons. The topological polar surface area (TPSA) is 62.5 Å². The number of aromatic nitrogens is 1. The highest BCUT2D eigenvalue weighted by Crippen LogP contribution is 2.22. The van der Waals surface area contributed by atoms with E-state index in [2.05, 4.69) is 34.6 Å². The van der Waals surface area contributed by atoms with Gasteiger partial charge in [0.1, 0.15) is 5.76 Å². The van der Waals surface area contributed by atoms with Crippen molar-refractivity contribution in [1.82, 2.24) is 15.8 Å². The van der Waals surface area contributed by atoms with Crippen molar-refractivity contribution in [2.75, 3.05) is 20.1 Å². The van der Waals surface area contributed by atoms with Crippen molar-refractivity contribution in [1.29, 1.82) is 0 Å². The fourth-order valence-electron chi connectivity index (χ4n) is 2.01. The highest BCUT2D eigenvalue weighted by Gasteiger charge is 2.16. The Morgan fingerprint density at radius 3 is 2.61 bits per heavy atom. The lowest BCUT2D eigenvalue weighted by molar-refractivity contribution is 0.391. The number of hydrogen-bond acceptors (Lipinski definition) is 3. The van der Waals surface area contributed by atoms with Crippen LogP contribution in [0.2, 0.25) is 0 Å². The maximum Gasteiger partial charge on any atom is 0.190 e. The van der Waals surface area contributed by atoms with Crippen molar-refractivity contribution < 1.29 is 4.52 Å². The SMILES string of the molecule is CCCNC(=NC)NCC(C)c1c(C)noc1C. The smallest absolute Gasteiger partial charge is 0.190 e. The molecule has 1 aromatic heterocycles. The second-order valence-corrected chi connectivity index (χ2v) is 4.52. The van der Waals surface area contributed by atoms with Gasteiger partial charge in [0.2, 0.25) is 0 Å². The van der Waals surface area contributed by atoms with E-state index in [-0.39, 0.29) is 0 Å². The summed E-state index contributed by atoms with van der Waals surface area (Å²) < 4.78 is 5.19. The van der Waals surface area contributed by atoms with E-state index in [9.17, 15) is 0 Å². The molecule has 18 heavy (non-hydrogen) atoms. The van der Waals surface area contributed by atoms with Gasteiger partial charge in [-0.1, -0.05) is 19.0 Å². The van der Waals surface area contributed by atoms with Gasteiger partial charge in [0.15, 0.2) is 5.96 Å². The third-order valence-electron chi connectivity index (χ3n) is 2.92. The van der Waals surface area contributed by atoms with Crippen LogP contribution in [0.25, 0.3) is 0 Å². The Morgan fingerprint density at radius 2 is 2.11 bits per heavy atom. The van der Waals surface area contributed by atoms with Gasteiger partial charge in [-0.05, 0) is 20.3 Å². The van der Waals surface area contributed by atoms with Crippen molar-refractivity contribution in [2.24, 2.45) is 4.99 Å². The van der Waals surface area contributed by atoms with Crippen LogP contribution in [0.1, 0.15) is 43.2 Å². The van der Waals surface area contributed by atoms with E-state index >= 15 is 0 Å². The van der Waals surface area contributed by atoms with Crippen molar-refractivity contribution in [3.05, 3.63) is 17.0 Å². The van der Waals surface area contributed by atoms with Gasteiger partial charge in [-0.3, -0.25) is 4.99 Å². The first kappa shape index (κ1) is 14.5. The molecule has 0 radical (unpaired) electrons. The van der Waals surface area contributed by atoms with Crippen LogP contribution in [-0.2, 0) is 0 Å². The quantitative estimate of drug-likeness (QED) is 0.621. The normalized spacial score (nSPS) is 13.5. The van der Waals surface area contributed by atoms with E-state index in [0.717, 1.165) is 36.9 Å². The summed E-state index contributed by atoms with van der Waals surface area (Å²) in [7, 11) is 1.78. The van der Waals surface area contributed by atoms with Crippen LogP contribution >= 0.6 is 0 Å². The molecule has 0 aliphatic carbocycles. The van der Waals surface area contributed by atoms with Crippen molar-refractivity contribution in [3.8, 4) is 0 Å². The van der Waals surface area contributed by atoms with Crippen LogP contribution in [0, 0.1) is 13.8 Å². The van der Waals surface area contributed by atoms with Crippen LogP contribution in [0.4, 0.5) is 0 Å². The van der Waals surface area contributed by atoms with Gasteiger partial charge in [0, 0.05) is 31.6 Å². The molecule has 1 unspecified atom stereocenters. The first-order valence-corrected chi connectivity index (χ1v) is 6.47. The second-order valence-electron chi connectivity index (χ2n) is 4.52. The summed E-state index contributed by atoms with van der Waals surface area (Å²) in [6.45, 7) is 9.97. The predicted octanol–water partition coefficient (Wildman–Crippen LogP) is 1.97. The van der Waals surface area contributed by atoms with E-state index in [1.807, 2.05) is 13.8 Å². The molecular weight excluding hydrogens is 228 g/mol. The molecule has 0 aromatic carbocycles. The molecule has 0 saturated carbocycles. The average molecular weight is 252 g/mol. The molecule has 1 rings (SSSR count). The maximum absolute atomic E-state index is 5.19. The van der Waals surface area contributed by atoms with E-state index in [1.54, 1.807) is 7.05 Å².